The van der Waals surface area contributed by atoms with E-state index in [2.05, 4.69) is 25.6 Å². The van der Waals surface area contributed by atoms with Crippen molar-refractivity contribution in [2.24, 2.45) is 0 Å². The van der Waals surface area contributed by atoms with Gasteiger partial charge in [0, 0.05) is 24.7 Å². The van der Waals surface area contributed by atoms with E-state index >= 15 is 0 Å². The van der Waals surface area contributed by atoms with Gasteiger partial charge in [-0.15, -0.1) is 0 Å². The van der Waals surface area contributed by atoms with Gasteiger partial charge in [0.2, 0.25) is 5.95 Å². The normalized spacial score (nSPS) is 12.5. The van der Waals surface area contributed by atoms with Gasteiger partial charge in [-0.2, -0.15) is 9.97 Å². The van der Waals surface area contributed by atoms with Gasteiger partial charge in [0.15, 0.2) is 17.0 Å². The van der Waals surface area contributed by atoms with Crippen LogP contribution in [0.1, 0.15) is 32.4 Å². The zero-order chi connectivity index (χ0) is 19.6. The maximum Gasteiger partial charge on any atom is 0.226 e. The fourth-order valence-electron chi connectivity index (χ4n) is 2.61. The molecule has 0 aliphatic heterocycles. The van der Waals surface area contributed by atoms with Gasteiger partial charge in [0.05, 0.1) is 12.4 Å². The highest BCUT2D eigenvalue weighted by Crippen LogP contribution is 2.25. The molecule has 144 valence electrons. The van der Waals surface area contributed by atoms with E-state index in [9.17, 15) is 14.6 Å². The maximum absolute atomic E-state index is 13.4. The minimum atomic E-state index is -0.556. The Morgan fingerprint density at radius 2 is 1.96 bits per heavy atom. The number of nitrogens with zero attached hydrogens (tertiary/aromatic N) is 4. The first-order valence-corrected chi connectivity index (χ1v) is 8.73. The Bertz CT molecular complexity index is 941. The van der Waals surface area contributed by atoms with E-state index in [1.165, 1.54) is 18.2 Å². The van der Waals surface area contributed by atoms with Crippen LogP contribution in [0.4, 0.5) is 16.2 Å². The van der Waals surface area contributed by atoms with E-state index in [4.69, 9.17) is 0 Å². The summed E-state index contributed by atoms with van der Waals surface area (Å²) in [6, 6.07) is 3.92. The molecule has 0 aliphatic carbocycles. The average molecular weight is 374 g/mol. The summed E-state index contributed by atoms with van der Waals surface area (Å²) < 4.78 is 15.4. The number of imidazole rings is 1. The molecule has 2 aromatic heterocycles. The number of benzene rings is 1. The van der Waals surface area contributed by atoms with Crippen molar-refractivity contribution in [2.75, 3.05) is 17.2 Å². The Morgan fingerprint density at radius 1 is 1.19 bits per heavy atom. The zero-order valence-electron chi connectivity index (χ0n) is 15.4. The van der Waals surface area contributed by atoms with Crippen molar-refractivity contribution in [3.63, 3.8) is 0 Å². The molecule has 0 bridgehead atoms. The highest BCUT2D eigenvalue weighted by molar-refractivity contribution is 5.84. The zero-order valence-corrected chi connectivity index (χ0v) is 15.4. The largest absolute Gasteiger partial charge is 0.508 e. The van der Waals surface area contributed by atoms with Crippen molar-refractivity contribution < 1.29 is 14.6 Å². The third kappa shape index (κ3) is 4.25. The molecule has 0 saturated heterocycles. The van der Waals surface area contributed by atoms with Crippen LogP contribution in [0, 0.1) is 5.82 Å². The molecule has 4 N–H and O–H groups in total. The van der Waals surface area contributed by atoms with Crippen molar-refractivity contribution >= 4 is 22.9 Å². The minimum absolute atomic E-state index is 0.00522. The summed E-state index contributed by atoms with van der Waals surface area (Å²) in [5, 5.41) is 25.5. The SMILES string of the molecule is CC(O)CNc1nc(NCc2cc(F)ccc2O)c2ncn(C(C)C)c2n1. The lowest BCUT2D eigenvalue weighted by atomic mass is 10.2. The predicted octanol–water partition coefficient (Wildman–Crippen LogP) is 2.66. The predicted molar refractivity (Wildman–Crippen MR) is 101 cm³/mol. The van der Waals surface area contributed by atoms with Crippen molar-refractivity contribution in [1.29, 1.82) is 0 Å². The number of nitrogens with one attached hydrogen (secondary N) is 2. The molecule has 0 spiro atoms. The summed E-state index contributed by atoms with van der Waals surface area (Å²) in [5.74, 6) is 0.364. The third-order valence-corrected chi connectivity index (χ3v) is 4.02. The van der Waals surface area contributed by atoms with E-state index in [-0.39, 0.29) is 18.3 Å². The van der Waals surface area contributed by atoms with Gasteiger partial charge in [-0.25, -0.2) is 9.37 Å². The second kappa shape index (κ2) is 7.75. The molecule has 0 aliphatic rings. The van der Waals surface area contributed by atoms with Crippen LogP contribution in [0.5, 0.6) is 5.75 Å². The molecule has 1 aromatic carbocycles. The van der Waals surface area contributed by atoms with E-state index in [0.717, 1.165) is 0 Å². The first kappa shape index (κ1) is 18.8. The van der Waals surface area contributed by atoms with E-state index in [0.29, 0.717) is 35.0 Å². The Kier molecular flexibility index (Phi) is 5.41. The Hall–Kier alpha value is -2.94. The molecular weight excluding hydrogens is 351 g/mol. The van der Waals surface area contributed by atoms with Crippen molar-refractivity contribution in [1.82, 2.24) is 19.5 Å². The summed E-state index contributed by atoms with van der Waals surface area (Å²) in [5.41, 5.74) is 1.62. The van der Waals surface area contributed by atoms with Crippen LogP contribution in [0.15, 0.2) is 24.5 Å². The number of fused-ring (bicyclic) bond motifs is 1. The van der Waals surface area contributed by atoms with Crippen LogP contribution in [0.2, 0.25) is 0 Å². The number of phenols is 1. The number of hydrogen-bond donors (Lipinski definition) is 4. The number of phenolic OH excluding ortho intramolecular Hbond substituents is 1. The van der Waals surface area contributed by atoms with Crippen molar-refractivity contribution in [2.45, 2.75) is 39.5 Å². The lowest BCUT2D eigenvalue weighted by Crippen LogP contribution is -2.18. The third-order valence-electron chi connectivity index (χ3n) is 4.02. The van der Waals surface area contributed by atoms with Gasteiger partial charge in [-0.1, -0.05) is 0 Å². The van der Waals surface area contributed by atoms with Crippen molar-refractivity contribution in [3.8, 4) is 5.75 Å². The molecular formula is C18H23FN6O2. The van der Waals surface area contributed by atoms with Gasteiger partial charge >= 0.3 is 0 Å². The number of halogens is 1. The van der Waals surface area contributed by atoms with Crippen molar-refractivity contribution in [3.05, 3.63) is 35.9 Å². The number of aliphatic hydroxyl groups excluding tert-OH is 1. The molecule has 0 saturated carbocycles. The smallest absolute Gasteiger partial charge is 0.226 e. The number of rotatable bonds is 7. The second-order valence-corrected chi connectivity index (χ2v) is 6.67. The van der Waals surface area contributed by atoms with Crippen LogP contribution >= 0.6 is 0 Å². The van der Waals surface area contributed by atoms with Crippen LogP contribution in [0.25, 0.3) is 11.2 Å². The summed E-state index contributed by atoms with van der Waals surface area (Å²) in [6.07, 6.45) is 1.13. The van der Waals surface area contributed by atoms with Gasteiger partial charge in [-0.05, 0) is 39.0 Å². The summed E-state index contributed by atoms with van der Waals surface area (Å²) in [4.78, 5) is 13.3. The number of hydrogen-bond acceptors (Lipinski definition) is 7. The molecule has 3 rings (SSSR count). The maximum atomic E-state index is 13.4. The molecule has 3 aromatic rings. The molecule has 27 heavy (non-hydrogen) atoms. The topological polar surface area (TPSA) is 108 Å². The molecule has 0 radical (unpaired) electrons. The Balaban J connectivity index is 1.95. The van der Waals surface area contributed by atoms with Gasteiger partial charge in [0.25, 0.3) is 0 Å². The standard InChI is InChI=1S/C18H23FN6O2/c1-10(2)25-9-22-15-16(20-8-12-6-13(19)4-5-14(12)27)23-18(24-17(15)25)21-7-11(3)26/h4-6,9-11,26-27H,7-8H2,1-3H3,(H2,20,21,23,24). The molecule has 1 unspecified atom stereocenters. The summed E-state index contributed by atoms with van der Waals surface area (Å²) in [6.45, 7) is 6.16. The molecule has 2 heterocycles. The number of anilines is 2. The van der Waals surface area contributed by atoms with Crippen LogP contribution in [-0.4, -0.2) is 42.4 Å². The van der Waals surface area contributed by atoms with Gasteiger partial charge in [-0.3, -0.25) is 0 Å². The average Bonchev–Trinajstić information content (AvgIpc) is 3.04. The summed E-state index contributed by atoms with van der Waals surface area (Å²) in [7, 11) is 0. The monoisotopic (exact) mass is 374 g/mol. The number of aromatic hydroxyl groups is 1. The van der Waals surface area contributed by atoms with E-state index < -0.39 is 11.9 Å². The molecule has 8 nitrogen and oxygen atoms in total. The quantitative estimate of drug-likeness (QED) is 0.503. The van der Waals surface area contributed by atoms with Gasteiger partial charge < -0.3 is 25.4 Å². The molecule has 0 amide bonds. The minimum Gasteiger partial charge on any atom is -0.508 e. The highest BCUT2D eigenvalue weighted by Gasteiger charge is 2.15. The number of aromatic nitrogens is 4. The van der Waals surface area contributed by atoms with Gasteiger partial charge in [0.1, 0.15) is 11.6 Å². The fraction of sp³-hybridized carbons (Fsp3) is 0.389. The molecule has 0 fully saturated rings. The lowest BCUT2D eigenvalue weighted by Gasteiger charge is -2.13. The van der Waals surface area contributed by atoms with Crippen LogP contribution in [0.3, 0.4) is 0 Å². The Morgan fingerprint density at radius 3 is 2.67 bits per heavy atom. The van der Waals surface area contributed by atoms with Crippen LogP contribution in [-0.2, 0) is 6.54 Å². The number of aliphatic hydroxyl groups is 1. The summed E-state index contributed by atoms with van der Waals surface area (Å²) >= 11 is 0. The Labute approximate surface area is 156 Å². The van der Waals surface area contributed by atoms with E-state index in [1.807, 2.05) is 18.4 Å². The lowest BCUT2D eigenvalue weighted by molar-refractivity contribution is 0.208. The highest BCUT2D eigenvalue weighted by atomic mass is 19.1. The fourth-order valence-corrected chi connectivity index (χ4v) is 2.61. The molecule has 9 heteroatoms. The first-order chi connectivity index (χ1) is 12.8. The molecule has 1 atom stereocenters. The first-order valence-electron chi connectivity index (χ1n) is 8.73. The van der Waals surface area contributed by atoms with Crippen LogP contribution < -0.4 is 10.6 Å². The second-order valence-electron chi connectivity index (χ2n) is 6.67. The van der Waals surface area contributed by atoms with E-state index in [1.54, 1.807) is 13.3 Å².